The van der Waals surface area contributed by atoms with Crippen molar-refractivity contribution in [1.29, 1.82) is 0 Å². The number of hydrogen-bond donors (Lipinski definition) is 3. The van der Waals surface area contributed by atoms with Crippen LogP contribution in [-0.2, 0) is 11.3 Å². The van der Waals surface area contributed by atoms with Crippen LogP contribution in [0, 0.1) is 12.7 Å². The van der Waals surface area contributed by atoms with E-state index in [2.05, 4.69) is 43.1 Å². The number of nitrogens with one attached hydrogen (secondary N) is 2. The van der Waals surface area contributed by atoms with Crippen LogP contribution in [0.4, 0.5) is 21.7 Å². The fourth-order valence-corrected chi connectivity index (χ4v) is 5.13. The Morgan fingerprint density at radius 3 is 3.08 bits per heavy atom. The summed E-state index contributed by atoms with van der Waals surface area (Å²) in [6.45, 7) is 3.81. The van der Waals surface area contributed by atoms with Crippen LogP contribution in [0.5, 0.6) is 0 Å². The lowest BCUT2D eigenvalue weighted by Crippen LogP contribution is -2.57. The number of carbonyl (C=O) groups excluding carboxylic acids is 1. The molecule has 0 bridgehead atoms. The first-order valence-electron chi connectivity index (χ1n) is 11.6. The second-order valence-corrected chi connectivity index (χ2v) is 9.53. The molecule has 0 saturated carbocycles. The van der Waals surface area contributed by atoms with Crippen LogP contribution in [0.15, 0.2) is 59.2 Å². The van der Waals surface area contributed by atoms with Gasteiger partial charge >= 0.3 is 0 Å². The summed E-state index contributed by atoms with van der Waals surface area (Å²) in [5.41, 5.74) is 8.80. The fraction of sp³-hybridized carbons (Fsp3) is 0.231. The first-order valence-corrected chi connectivity index (χ1v) is 12.5. The van der Waals surface area contributed by atoms with Crippen LogP contribution < -0.4 is 21.3 Å². The highest BCUT2D eigenvalue weighted by Crippen LogP contribution is 2.26. The van der Waals surface area contributed by atoms with Gasteiger partial charge in [0.1, 0.15) is 29.8 Å². The number of aromatic nitrogens is 2. The van der Waals surface area contributed by atoms with Gasteiger partial charge in [-0.25, -0.2) is 14.4 Å². The Hall–Kier alpha value is -3.89. The second-order valence-electron chi connectivity index (χ2n) is 8.62. The van der Waals surface area contributed by atoms with Gasteiger partial charge < -0.3 is 21.3 Å². The number of thiophene rings is 1. The second kappa shape index (κ2) is 10.4. The number of amides is 1. The highest BCUT2D eigenvalue weighted by atomic mass is 32.1. The molecule has 0 aliphatic carbocycles. The summed E-state index contributed by atoms with van der Waals surface area (Å²) < 4.78 is 15.1. The van der Waals surface area contributed by atoms with Crippen molar-refractivity contribution in [3.05, 3.63) is 76.7 Å². The Bertz CT molecular complexity index is 1450. The number of benzene rings is 2. The van der Waals surface area contributed by atoms with Crippen LogP contribution in [0.25, 0.3) is 10.1 Å². The average molecular weight is 508 g/mol. The molecule has 10 heteroatoms. The number of nitrogens with zero attached hydrogens (tertiary/aromatic N) is 4. The SMILES string of the molecule is Cc1ccc(N=Cc2c(N)ncnc2N2CCNC(C(=O)NCc3csc4ccccc34)C2)cc1F.[HH].[HH]. The fourth-order valence-electron chi connectivity index (χ4n) is 4.17. The molecule has 1 amide bonds. The van der Waals surface area contributed by atoms with E-state index in [-0.39, 0.29) is 20.4 Å². The molecule has 36 heavy (non-hydrogen) atoms. The average Bonchev–Trinajstić information content (AvgIpc) is 3.31. The quantitative estimate of drug-likeness (QED) is 0.340. The maximum absolute atomic E-state index is 13.9. The van der Waals surface area contributed by atoms with Crippen molar-refractivity contribution in [2.24, 2.45) is 4.99 Å². The predicted octanol–water partition coefficient (Wildman–Crippen LogP) is 4.06. The molecule has 188 valence electrons. The van der Waals surface area contributed by atoms with E-state index in [1.807, 2.05) is 17.0 Å². The summed E-state index contributed by atoms with van der Waals surface area (Å²) in [4.78, 5) is 27.9. The van der Waals surface area contributed by atoms with E-state index in [1.165, 1.54) is 17.1 Å². The third-order valence-corrected chi connectivity index (χ3v) is 7.21. The molecule has 2 aromatic heterocycles. The van der Waals surface area contributed by atoms with E-state index in [1.54, 1.807) is 36.6 Å². The molecule has 0 spiro atoms. The van der Waals surface area contributed by atoms with E-state index in [0.717, 1.165) is 10.9 Å². The van der Waals surface area contributed by atoms with Gasteiger partial charge in [0.15, 0.2) is 0 Å². The topological polar surface area (TPSA) is 109 Å². The van der Waals surface area contributed by atoms with Crippen molar-refractivity contribution in [1.82, 2.24) is 20.6 Å². The first-order chi connectivity index (χ1) is 17.5. The van der Waals surface area contributed by atoms with E-state index >= 15 is 0 Å². The molecule has 3 heterocycles. The summed E-state index contributed by atoms with van der Waals surface area (Å²) in [5.74, 6) is 0.443. The Morgan fingerprint density at radius 2 is 2.22 bits per heavy atom. The minimum Gasteiger partial charge on any atom is -0.383 e. The van der Waals surface area contributed by atoms with Gasteiger partial charge in [0, 0.05) is 39.9 Å². The number of aryl methyl sites for hydroxylation is 1. The van der Waals surface area contributed by atoms with E-state index in [0.29, 0.717) is 48.8 Å². The van der Waals surface area contributed by atoms with Crippen LogP contribution in [-0.4, -0.2) is 47.8 Å². The van der Waals surface area contributed by atoms with Crippen molar-refractivity contribution in [3.63, 3.8) is 0 Å². The molecule has 1 aliphatic heterocycles. The van der Waals surface area contributed by atoms with Crippen LogP contribution in [0.3, 0.4) is 0 Å². The van der Waals surface area contributed by atoms with Crippen molar-refractivity contribution in [2.45, 2.75) is 19.5 Å². The number of piperazine rings is 1. The molecule has 1 atom stereocenters. The van der Waals surface area contributed by atoms with Gasteiger partial charge in [0.2, 0.25) is 5.91 Å². The highest BCUT2D eigenvalue weighted by Gasteiger charge is 2.27. The molecule has 4 aromatic rings. The lowest BCUT2D eigenvalue weighted by molar-refractivity contribution is -0.123. The molecular weight excluding hydrogens is 477 g/mol. The molecule has 4 N–H and O–H groups in total. The lowest BCUT2D eigenvalue weighted by Gasteiger charge is -2.34. The summed E-state index contributed by atoms with van der Waals surface area (Å²) in [6.07, 6.45) is 2.94. The Kier molecular flexibility index (Phi) is 6.88. The van der Waals surface area contributed by atoms with E-state index in [9.17, 15) is 9.18 Å². The molecule has 1 fully saturated rings. The summed E-state index contributed by atoms with van der Waals surface area (Å²) in [5, 5.41) is 9.59. The van der Waals surface area contributed by atoms with Gasteiger partial charge in [-0.15, -0.1) is 11.3 Å². The lowest BCUT2D eigenvalue weighted by atomic mass is 10.1. The first kappa shape index (κ1) is 23.8. The van der Waals surface area contributed by atoms with Crippen molar-refractivity contribution in [2.75, 3.05) is 30.3 Å². The normalized spacial score (nSPS) is 16.1. The van der Waals surface area contributed by atoms with Crippen LogP contribution >= 0.6 is 11.3 Å². The standard InChI is InChI=1S/C26H26FN7OS.2H2/c1-16-6-7-18(10-21(16)27)30-12-20-24(28)32-15-33-25(20)34-9-8-29-22(13-34)26(35)31-11-17-14-36-23-5-3-2-4-19(17)23;;/h2-7,10,12,14-15,22,29H,8-9,11,13H2,1H3,(H,31,35)(H2,28,32,33);2*1H. The molecule has 8 nitrogen and oxygen atoms in total. The third-order valence-electron chi connectivity index (χ3n) is 6.20. The Balaban J connectivity index is 0.00000200. The van der Waals surface area contributed by atoms with Crippen molar-refractivity contribution in [3.8, 4) is 0 Å². The number of fused-ring (bicyclic) bond motifs is 1. The minimum absolute atomic E-state index is 0. The highest BCUT2D eigenvalue weighted by molar-refractivity contribution is 7.17. The maximum atomic E-state index is 13.9. The van der Waals surface area contributed by atoms with Crippen molar-refractivity contribution < 1.29 is 12.0 Å². The zero-order valence-electron chi connectivity index (χ0n) is 19.7. The zero-order valence-corrected chi connectivity index (χ0v) is 20.6. The number of halogens is 1. The van der Waals surface area contributed by atoms with Crippen LogP contribution in [0.1, 0.15) is 19.5 Å². The summed E-state index contributed by atoms with van der Waals surface area (Å²) in [6, 6.07) is 12.5. The third kappa shape index (κ3) is 5.05. The number of hydrogen-bond acceptors (Lipinski definition) is 8. The monoisotopic (exact) mass is 507 g/mol. The number of nitrogens with two attached hydrogens (primary N) is 1. The van der Waals surface area contributed by atoms with E-state index < -0.39 is 6.04 Å². The summed E-state index contributed by atoms with van der Waals surface area (Å²) >= 11 is 1.67. The molecule has 5 rings (SSSR count). The zero-order chi connectivity index (χ0) is 25.1. The molecular formula is C26H30FN7OS. The number of carbonyl (C=O) groups is 1. The number of aliphatic imine (C=N–C) groups is 1. The van der Waals surface area contributed by atoms with Crippen molar-refractivity contribution >= 4 is 50.9 Å². The smallest absolute Gasteiger partial charge is 0.239 e. The molecule has 1 aliphatic rings. The van der Waals surface area contributed by atoms with Gasteiger partial charge in [-0.3, -0.25) is 9.79 Å². The molecule has 0 radical (unpaired) electrons. The molecule has 1 unspecified atom stereocenters. The van der Waals surface area contributed by atoms with Gasteiger partial charge in [-0.05, 0) is 47.0 Å². The number of anilines is 2. The largest absolute Gasteiger partial charge is 0.383 e. The molecule has 2 aromatic carbocycles. The number of rotatable bonds is 6. The Morgan fingerprint density at radius 1 is 1.36 bits per heavy atom. The van der Waals surface area contributed by atoms with Gasteiger partial charge in [0.25, 0.3) is 0 Å². The number of nitrogen functional groups attached to an aromatic ring is 1. The Labute approximate surface area is 215 Å². The predicted molar refractivity (Wildman–Crippen MR) is 147 cm³/mol. The van der Waals surface area contributed by atoms with Crippen LogP contribution in [0.2, 0.25) is 0 Å². The maximum Gasteiger partial charge on any atom is 0.239 e. The van der Waals surface area contributed by atoms with Gasteiger partial charge in [0.05, 0.1) is 11.3 Å². The van der Waals surface area contributed by atoms with Gasteiger partial charge in [-0.1, -0.05) is 24.3 Å². The molecule has 1 saturated heterocycles. The minimum atomic E-state index is -0.421. The van der Waals surface area contributed by atoms with E-state index in [4.69, 9.17) is 5.73 Å². The summed E-state index contributed by atoms with van der Waals surface area (Å²) in [7, 11) is 0. The van der Waals surface area contributed by atoms with Gasteiger partial charge in [-0.2, -0.15) is 0 Å².